The topological polar surface area (TPSA) is 52.0 Å². The van der Waals surface area contributed by atoms with Gasteiger partial charge in [-0.1, -0.05) is 28.9 Å². The van der Waals surface area contributed by atoms with Crippen LogP contribution in [0.2, 0.25) is 5.02 Å². The second kappa shape index (κ2) is 4.03. The zero-order valence-corrected chi connectivity index (χ0v) is 10.5. The van der Waals surface area contributed by atoms with Gasteiger partial charge >= 0.3 is 0 Å². The molecule has 0 bridgehead atoms. The van der Waals surface area contributed by atoms with Crippen molar-refractivity contribution in [1.29, 1.82) is 0 Å². The summed E-state index contributed by atoms with van der Waals surface area (Å²) in [6.45, 7) is 1.97. The number of fused-ring (bicyclic) bond motifs is 1. The van der Waals surface area contributed by atoms with E-state index in [-0.39, 0.29) is 0 Å². The summed E-state index contributed by atoms with van der Waals surface area (Å²) in [6, 6.07) is 11.3. The first-order chi connectivity index (χ1) is 8.65. The molecule has 0 aliphatic carbocycles. The van der Waals surface area contributed by atoms with E-state index in [0.717, 1.165) is 27.9 Å². The van der Waals surface area contributed by atoms with Gasteiger partial charge in [0.25, 0.3) is 0 Å². The highest BCUT2D eigenvalue weighted by Crippen LogP contribution is 2.31. The van der Waals surface area contributed by atoms with Gasteiger partial charge in [0, 0.05) is 16.3 Å². The van der Waals surface area contributed by atoms with Crippen LogP contribution in [-0.2, 0) is 0 Å². The third-order valence-electron chi connectivity index (χ3n) is 2.98. The van der Waals surface area contributed by atoms with E-state index in [1.54, 1.807) is 6.07 Å². The molecule has 0 aliphatic rings. The Bertz CT molecular complexity index is 734. The monoisotopic (exact) mass is 258 g/mol. The van der Waals surface area contributed by atoms with Gasteiger partial charge in [0.15, 0.2) is 5.58 Å². The van der Waals surface area contributed by atoms with Crippen molar-refractivity contribution in [1.82, 2.24) is 5.16 Å². The van der Waals surface area contributed by atoms with Crippen LogP contribution in [0.25, 0.3) is 22.2 Å². The van der Waals surface area contributed by atoms with Crippen LogP contribution in [0.1, 0.15) is 5.56 Å². The molecule has 1 aromatic heterocycles. The van der Waals surface area contributed by atoms with Crippen molar-refractivity contribution in [2.24, 2.45) is 0 Å². The number of nitrogens with zero attached hydrogens (tertiary/aromatic N) is 1. The standard InChI is InChI=1S/C14H11ClN2O/c1-8-2-3-9(6-12(8)16)14-11-7-10(15)4-5-13(11)18-17-14/h2-7H,16H2,1H3. The van der Waals surface area contributed by atoms with Crippen molar-refractivity contribution in [3.8, 4) is 11.3 Å². The third-order valence-corrected chi connectivity index (χ3v) is 3.22. The van der Waals surface area contributed by atoms with Crippen LogP contribution in [0.5, 0.6) is 0 Å². The quantitative estimate of drug-likeness (QED) is 0.670. The highest BCUT2D eigenvalue weighted by atomic mass is 35.5. The molecule has 0 fully saturated rings. The maximum absolute atomic E-state index is 6.00. The predicted molar refractivity (Wildman–Crippen MR) is 73.6 cm³/mol. The summed E-state index contributed by atoms with van der Waals surface area (Å²) >= 11 is 6.00. The fraction of sp³-hybridized carbons (Fsp3) is 0.0714. The lowest BCUT2D eigenvalue weighted by molar-refractivity contribution is 0.459. The Hall–Kier alpha value is -2.00. The van der Waals surface area contributed by atoms with E-state index in [0.29, 0.717) is 10.6 Å². The SMILES string of the molecule is Cc1ccc(-c2noc3ccc(Cl)cc23)cc1N. The Kier molecular flexibility index (Phi) is 2.49. The van der Waals surface area contributed by atoms with Gasteiger partial charge in [0.2, 0.25) is 0 Å². The second-order valence-electron chi connectivity index (χ2n) is 4.24. The average Bonchev–Trinajstić information content (AvgIpc) is 2.75. The Labute approximate surface area is 109 Å². The van der Waals surface area contributed by atoms with Crippen molar-refractivity contribution in [2.75, 3.05) is 5.73 Å². The fourth-order valence-electron chi connectivity index (χ4n) is 1.91. The van der Waals surface area contributed by atoms with Gasteiger partial charge in [-0.25, -0.2) is 0 Å². The van der Waals surface area contributed by atoms with Crippen molar-refractivity contribution in [3.05, 3.63) is 47.0 Å². The van der Waals surface area contributed by atoms with Gasteiger partial charge in [0.05, 0.1) is 5.39 Å². The Morgan fingerprint density at radius 1 is 1.17 bits per heavy atom. The number of nitrogen functional groups attached to an aromatic ring is 1. The zero-order chi connectivity index (χ0) is 12.7. The van der Waals surface area contributed by atoms with Crippen LogP contribution in [0.4, 0.5) is 5.69 Å². The molecule has 2 aromatic carbocycles. The normalized spacial score (nSPS) is 11.0. The number of halogens is 1. The summed E-state index contributed by atoms with van der Waals surface area (Å²) < 4.78 is 5.28. The van der Waals surface area contributed by atoms with Crippen LogP contribution in [0, 0.1) is 6.92 Å². The minimum absolute atomic E-state index is 0.659. The lowest BCUT2D eigenvalue weighted by Crippen LogP contribution is -1.90. The van der Waals surface area contributed by atoms with Gasteiger partial charge in [-0.05, 0) is 36.8 Å². The number of anilines is 1. The number of rotatable bonds is 1. The highest BCUT2D eigenvalue weighted by Gasteiger charge is 2.11. The molecule has 18 heavy (non-hydrogen) atoms. The van der Waals surface area contributed by atoms with E-state index in [4.69, 9.17) is 21.9 Å². The summed E-state index contributed by atoms with van der Waals surface area (Å²) in [4.78, 5) is 0. The molecule has 4 heteroatoms. The van der Waals surface area contributed by atoms with Crippen molar-refractivity contribution < 1.29 is 4.52 Å². The van der Waals surface area contributed by atoms with E-state index in [9.17, 15) is 0 Å². The van der Waals surface area contributed by atoms with Gasteiger partial charge < -0.3 is 10.3 Å². The largest absolute Gasteiger partial charge is 0.398 e. The van der Waals surface area contributed by atoms with E-state index in [2.05, 4.69) is 5.16 Å². The maximum Gasteiger partial charge on any atom is 0.167 e. The Balaban J connectivity index is 2.24. The van der Waals surface area contributed by atoms with Crippen LogP contribution in [-0.4, -0.2) is 5.16 Å². The first-order valence-electron chi connectivity index (χ1n) is 5.56. The minimum atomic E-state index is 0.659. The Morgan fingerprint density at radius 3 is 2.78 bits per heavy atom. The molecular formula is C14H11ClN2O. The zero-order valence-electron chi connectivity index (χ0n) is 9.77. The smallest absolute Gasteiger partial charge is 0.167 e. The van der Waals surface area contributed by atoms with Gasteiger partial charge in [-0.3, -0.25) is 0 Å². The number of hydrogen-bond donors (Lipinski definition) is 1. The molecule has 0 aliphatic heterocycles. The molecule has 90 valence electrons. The summed E-state index contributed by atoms with van der Waals surface area (Å²) in [5.41, 5.74) is 10.1. The predicted octanol–water partition coefficient (Wildman–Crippen LogP) is 4.04. The molecule has 0 radical (unpaired) electrons. The van der Waals surface area contributed by atoms with E-state index < -0.39 is 0 Å². The summed E-state index contributed by atoms with van der Waals surface area (Å²) in [5.74, 6) is 0. The molecule has 0 saturated carbocycles. The first-order valence-corrected chi connectivity index (χ1v) is 5.94. The summed E-state index contributed by atoms with van der Waals surface area (Å²) in [5, 5.41) is 5.64. The average molecular weight is 259 g/mol. The molecule has 0 amide bonds. The number of aromatic nitrogens is 1. The van der Waals surface area contributed by atoms with Crippen molar-refractivity contribution in [3.63, 3.8) is 0 Å². The lowest BCUT2D eigenvalue weighted by atomic mass is 10.0. The fourth-order valence-corrected chi connectivity index (χ4v) is 2.08. The van der Waals surface area contributed by atoms with Crippen molar-refractivity contribution in [2.45, 2.75) is 6.92 Å². The molecule has 0 spiro atoms. The minimum Gasteiger partial charge on any atom is -0.398 e. The summed E-state index contributed by atoms with van der Waals surface area (Å²) in [6.07, 6.45) is 0. The summed E-state index contributed by atoms with van der Waals surface area (Å²) in [7, 11) is 0. The molecule has 3 nitrogen and oxygen atoms in total. The molecule has 0 saturated heterocycles. The van der Waals surface area contributed by atoms with E-state index in [1.165, 1.54) is 0 Å². The molecule has 1 heterocycles. The van der Waals surface area contributed by atoms with E-state index in [1.807, 2.05) is 37.3 Å². The molecule has 3 aromatic rings. The van der Waals surface area contributed by atoms with Crippen LogP contribution < -0.4 is 5.73 Å². The van der Waals surface area contributed by atoms with Crippen LogP contribution in [0.15, 0.2) is 40.9 Å². The van der Waals surface area contributed by atoms with Crippen LogP contribution >= 0.6 is 11.6 Å². The van der Waals surface area contributed by atoms with Gasteiger partial charge in [-0.2, -0.15) is 0 Å². The molecule has 0 unspecified atom stereocenters. The molecule has 2 N–H and O–H groups in total. The number of nitrogens with two attached hydrogens (primary N) is 1. The maximum atomic E-state index is 6.00. The second-order valence-corrected chi connectivity index (χ2v) is 4.68. The van der Waals surface area contributed by atoms with Crippen LogP contribution in [0.3, 0.4) is 0 Å². The van der Waals surface area contributed by atoms with Crippen molar-refractivity contribution >= 4 is 28.3 Å². The number of benzene rings is 2. The van der Waals surface area contributed by atoms with Gasteiger partial charge in [-0.15, -0.1) is 0 Å². The Morgan fingerprint density at radius 2 is 2.00 bits per heavy atom. The van der Waals surface area contributed by atoms with Gasteiger partial charge in [0.1, 0.15) is 5.69 Å². The third kappa shape index (κ3) is 1.73. The van der Waals surface area contributed by atoms with E-state index >= 15 is 0 Å². The number of hydrogen-bond acceptors (Lipinski definition) is 3. The highest BCUT2D eigenvalue weighted by molar-refractivity contribution is 6.31. The lowest BCUT2D eigenvalue weighted by Gasteiger charge is -2.02. The molecule has 0 atom stereocenters. The first kappa shape index (κ1) is 11.1. The molecular weight excluding hydrogens is 248 g/mol. The molecule has 3 rings (SSSR count). The number of aryl methyl sites for hydroxylation is 1.